The van der Waals surface area contributed by atoms with Gasteiger partial charge in [0, 0.05) is 10.9 Å². The second kappa shape index (κ2) is 5.17. The number of hydrogen-bond donors (Lipinski definition) is 0. The highest BCUT2D eigenvalue weighted by Crippen LogP contribution is 2.44. The van der Waals surface area contributed by atoms with Crippen molar-refractivity contribution < 1.29 is 9.53 Å². The Kier molecular flexibility index (Phi) is 3.20. The smallest absolute Gasteiger partial charge is 0.338 e. The van der Waals surface area contributed by atoms with Gasteiger partial charge >= 0.3 is 5.97 Å². The number of aromatic nitrogens is 1. The zero-order valence-electron chi connectivity index (χ0n) is 14.1. The first-order valence-electron chi connectivity index (χ1n) is 8.13. The molecule has 1 aliphatic carbocycles. The lowest BCUT2D eigenvalue weighted by molar-refractivity contribution is 0.0601. The number of hydrogen-bond acceptors (Lipinski definition) is 3. The molecule has 1 aromatic heterocycles. The summed E-state index contributed by atoms with van der Waals surface area (Å²) in [5, 5.41) is 0.860. The third-order valence-corrected chi connectivity index (χ3v) is 4.91. The van der Waals surface area contributed by atoms with Crippen molar-refractivity contribution in [1.82, 2.24) is 4.98 Å². The number of carbonyl (C=O) groups excluding carboxylic acids is 1. The molecule has 0 spiro atoms. The average Bonchev–Trinajstić information content (AvgIpc) is 2.59. The van der Waals surface area contributed by atoms with Crippen molar-refractivity contribution in [2.75, 3.05) is 7.11 Å². The Morgan fingerprint density at radius 3 is 2.58 bits per heavy atom. The quantitative estimate of drug-likeness (QED) is 0.619. The highest BCUT2D eigenvalue weighted by molar-refractivity contribution is 6.07. The lowest BCUT2D eigenvalue weighted by atomic mass is 9.70. The van der Waals surface area contributed by atoms with Crippen molar-refractivity contribution in [1.29, 1.82) is 0 Å². The van der Waals surface area contributed by atoms with Gasteiger partial charge in [-0.2, -0.15) is 0 Å². The van der Waals surface area contributed by atoms with Gasteiger partial charge in [0.2, 0.25) is 0 Å². The maximum atomic E-state index is 12.6. The molecule has 120 valence electrons. The Hall–Kier alpha value is -2.68. The molecule has 0 saturated heterocycles. The van der Waals surface area contributed by atoms with E-state index in [1.165, 1.54) is 12.7 Å². The van der Waals surface area contributed by atoms with Crippen LogP contribution < -0.4 is 0 Å². The Bertz CT molecular complexity index is 973. The fourth-order valence-corrected chi connectivity index (χ4v) is 3.80. The molecule has 0 saturated carbocycles. The van der Waals surface area contributed by atoms with Crippen molar-refractivity contribution in [3.8, 4) is 11.3 Å². The van der Waals surface area contributed by atoms with Crippen molar-refractivity contribution >= 4 is 16.9 Å². The van der Waals surface area contributed by atoms with Gasteiger partial charge in [0.1, 0.15) is 0 Å². The maximum Gasteiger partial charge on any atom is 0.338 e. The van der Waals surface area contributed by atoms with E-state index < -0.39 is 0 Å². The van der Waals surface area contributed by atoms with Crippen LogP contribution in [0.15, 0.2) is 48.5 Å². The molecule has 0 radical (unpaired) electrons. The second-order valence-corrected chi connectivity index (χ2v) is 6.93. The number of nitrogens with zero attached hydrogens (tertiary/aromatic N) is 1. The molecule has 3 aromatic rings. The van der Waals surface area contributed by atoms with E-state index in [-0.39, 0.29) is 11.4 Å². The zero-order valence-corrected chi connectivity index (χ0v) is 14.1. The lowest BCUT2D eigenvalue weighted by Gasteiger charge is -2.34. The highest BCUT2D eigenvalue weighted by Gasteiger charge is 2.35. The summed E-state index contributed by atoms with van der Waals surface area (Å²) < 4.78 is 5.10. The van der Waals surface area contributed by atoms with E-state index in [1.54, 1.807) is 0 Å². The summed E-state index contributed by atoms with van der Waals surface area (Å²) in [6, 6.07) is 16.1. The van der Waals surface area contributed by atoms with Crippen LogP contribution in [0.1, 0.15) is 35.3 Å². The minimum atomic E-state index is -0.292. The summed E-state index contributed by atoms with van der Waals surface area (Å²) in [6.07, 6.45) is 0.765. The number of methoxy groups -OCH3 is 1. The van der Waals surface area contributed by atoms with Crippen LogP contribution in [0.3, 0.4) is 0 Å². The van der Waals surface area contributed by atoms with Crippen molar-refractivity contribution in [2.45, 2.75) is 25.7 Å². The van der Waals surface area contributed by atoms with Crippen molar-refractivity contribution in [2.24, 2.45) is 0 Å². The van der Waals surface area contributed by atoms with Crippen LogP contribution in [0, 0.1) is 0 Å². The summed E-state index contributed by atoms with van der Waals surface area (Å²) in [5.74, 6) is -0.292. The molecule has 0 amide bonds. The Labute approximate surface area is 141 Å². The standard InChI is InChI=1S/C21H19NO2/c1-21(2)12-15-18(20(23)24-3)14-9-5-7-11-17(14)22-19(15)13-8-4-6-10-16(13)21/h4-11H,12H2,1-3H3. The van der Waals surface area contributed by atoms with Gasteiger partial charge in [-0.1, -0.05) is 56.3 Å². The Morgan fingerprint density at radius 2 is 1.79 bits per heavy atom. The van der Waals surface area contributed by atoms with E-state index >= 15 is 0 Å². The van der Waals surface area contributed by atoms with E-state index in [0.717, 1.165) is 34.1 Å². The van der Waals surface area contributed by atoms with Gasteiger partial charge in [-0.05, 0) is 29.0 Å². The number of benzene rings is 2. The molecule has 3 nitrogen and oxygen atoms in total. The summed E-state index contributed by atoms with van der Waals surface area (Å²) in [7, 11) is 1.44. The van der Waals surface area contributed by atoms with Crippen LogP contribution in [0.5, 0.6) is 0 Å². The van der Waals surface area contributed by atoms with E-state index in [4.69, 9.17) is 9.72 Å². The van der Waals surface area contributed by atoms with Crippen LogP contribution in [-0.4, -0.2) is 18.1 Å². The van der Waals surface area contributed by atoms with Gasteiger partial charge in [-0.3, -0.25) is 0 Å². The van der Waals surface area contributed by atoms with Gasteiger partial charge < -0.3 is 4.74 Å². The third kappa shape index (κ3) is 2.04. The van der Waals surface area contributed by atoms with E-state index in [1.807, 2.05) is 30.3 Å². The van der Waals surface area contributed by atoms with E-state index in [9.17, 15) is 4.79 Å². The normalized spacial score (nSPS) is 14.8. The number of para-hydroxylation sites is 1. The van der Waals surface area contributed by atoms with Crippen LogP contribution >= 0.6 is 0 Å². The molecule has 24 heavy (non-hydrogen) atoms. The molecule has 2 aromatic carbocycles. The fourth-order valence-electron chi connectivity index (χ4n) is 3.80. The Balaban J connectivity index is 2.15. The summed E-state index contributed by atoms with van der Waals surface area (Å²) in [5.41, 5.74) is 5.70. The van der Waals surface area contributed by atoms with Crippen LogP contribution in [0.2, 0.25) is 0 Å². The molecular formula is C21H19NO2. The molecule has 0 aliphatic heterocycles. The predicted octanol–water partition coefficient (Wildman–Crippen LogP) is 4.52. The van der Waals surface area contributed by atoms with Crippen molar-refractivity contribution in [3.63, 3.8) is 0 Å². The zero-order chi connectivity index (χ0) is 16.9. The van der Waals surface area contributed by atoms with Gasteiger partial charge in [0.05, 0.1) is 23.9 Å². The number of fused-ring (bicyclic) bond motifs is 4. The van der Waals surface area contributed by atoms with Gasteiger partial charge in [-0.25, -0.2) is 9.78 Å². The lowest BCUT2D eigenvalue weighted by Crippen LogP contribution is -2.28. The molecule has 1 heterocycles. The van der Waals surface area contributed by atoms with Gasteiger partial charge in [-0.15, -0.1) is 0 Å². The average molecular weight is 317 g/mol. The van der Waals surface area contributed by atoms with E-state index in [0.29, 0.717) is 5.56 Å². The van der Waals surface area contributed by atoms with Crippen LogP contribution in [0.4, 0.5) is 0 Å². The SMILES string of the molecule is COC(=O)c1c2c(nc3ccccc13)-c1ccccc1C(C)(C)C2. The van der Waals surface area contributed by atoms with Gasteiger partial charge in [0.25, 0.3) is 0 Å². The maximum absolute atomic E-state index is 12.6. The molecule has 0 atom stereocenters. The number of pyridine rings is 1. The molecule has 4 rings (SSSR count). The second-order valence-electron chi connectivity index (χ2n) is 6.93. The van der Waals surface area contributed by atoms with Gasteiger partial charge in [0.15, 0.2) is 0 Å². The first kappa shape index (κ1) is 14.9. The Morgan fingerprint density at radius 1 is 1.08 bits per heavy atom. The topological polar surface area (TPSA) is 39.2 Å². The summed E-state index contributed by atoms with van der Waals surface area (Å²) >= 11 is 0. The first-order chi connectivity index (χ1) is 11.5. The third-order valence-electron chi connectivity index (χ3n) is 4.91. The summed E-state index contributed by atoms with van der Waals surface area (Å²) in [6.45, 7) is 4.43. The molecule has 0 unspecified atom stereocenters. The molecular weight excluding hydrogens is 298 g/mol. The highest BCUT2D eigenvalue weighted by atomic mass is 16.5. The molecule has 0 bridgehead atoms. The minimum absolute atomic E-state index is 0.0590. The van der Waals surface area contributed by atoms with Crippen LogP contribution in [-0.2, 0) is 16.6 Å². The number of ether oxygens (including phenoxy) is 1. The predicted molar refractivity (Wildman–Crippen MR) is 95.2 cm³/mol. The monoisotopic (exact) mass is 317 g/mol. The number of esters is 1. The van der Waals surface area contributed by atoms with E-state index in [2.05, 4.69) is 32.0 Å². The number of rotatable bonds is 1. The fraction of sp³-hybridized carbons (Fsp3) is 0.238. The molecule has 3 heteroatoms. The first-order valence-corrected chi connectivity index (χ1v) is 8.13. The summed E-state index contributed by atoms with van der Waals surface area (Å²) in [4.78, 5) is 17.5. The molecule has 0 N–H and O–H groups in total. The molecule has 0 fully saturated rings. The van der Waals surface area contributed by atoms with Crippen LogP contribution in [0.25, 0.3) is 22.2 Å². The number of carbonyl (C=O) groups is 1. The largest absolute Gasteiger partial charge is 0.465 e. The minimum Gasteiger partial charge on any atom is -0.465 e. The molecule has 1 aliphatic rings. The van der Waals surface area contributed by atoms with Crippen molar-refractivity contribution in [3.05, 3.63) is 65.2 Å².